The molecular weight excluding hydrogens is 223 g/mol. The third-order valence-electron chi connectivity index (χ3n) is 4.49. The highest BCUT2D eigenvalue weighted by Crippen LogP contribution is 2.45. The molecule has 1 fully saturated rings. The van der Waals surface area contributed by atoms with Gasteiger partial charge < -0.3 is 0 Å². The van der Waals surface area contributed by atoms with Gasteiger partial charge in [-0.15, -0.1) is 0 Å². The van der Waals surface area contributed by atoms with Crippen LogP contribution in [0.1, 0.15) is 56.7 Å². The van der Waals surface area contributed by atoms with E-state index in [4.69, 9.17) is 0 Å². The van der Waals surface area contributed by atoms with Gasteiger partial charge in [0.05, 0.1) is 0 Å². The lowest BCUT2D eigenvalue weighted by atomic mass is 9.75. The fourth-order valence-electron chi connectivity index (χ4n) is 2.63. The van der Waals surface area contributed by atoms with Crippen molar-refractivity contribution in [3.05, 3.63) is 46.5 Å². The standard InChI is InChI=1S/C17H23F/c1-6-12(3)17(4,5)15-9-13(8-7-11(15)2)14-10-16(14)18/h6-9,14,16H,10H2,1-5H3/b12-6-. The van der Waals surface area contributed by atoms with Crippen LogP contribution in [0.4, 0.5) is 4.39 Å². The molecule has 0 saturated heterocycles. The van der Waals surface area contributed by atoms with E-state index in [9.17, 15) is 4.39 Å². The maximum Gasteiger partial charge on any atom is 0.108 e. The molecule has 0 aliphatic heterocycles. The largest absolute Gasteiger partial charge is 0.247 e. The minimum atomic E-state index is -0.619. The second-order valence-corrected chi connectivity index (χ2v) is 6.03. The molecule has 2 atom stereocenters. The molecule has 18 heavy (non-hydrogen) atoms. The first-order valence-electron chi connectivity index (χ1n) is 6.76. The Bertz CT molecular complexity index is 482. The predicted octanol–water partition coefficient (Wildman–Crippen LogP) is 5.06. The maximum absolute atomic E-state index is 13.2. The van der Waals surface area contributed by atoms with Crippen molar-refractivity contribution in [1.82, 2.24) is 0 Å². The molecule has 98 valence electrons. The van der Waals surface area contributed by atoms with E-state index in [2.05, 4.69) is 58.9 Å². The van der Waals surface area contributed by atoms with Gasteiger partial charge in [-0.2, -0.15) is 0 Å². The van der Waals surface area contributed by atoms with Crippen LogP contribution in [-0.4, -0.2) is 6.17 Å². The van der Waals surface area contributed by atoms with E-state index in [1.54, 1.807) is 0 Å². The molecule has 2 unspecified atom stereocenters. The molecule has 0 heterocycles. The van der Waals surface area contributed by atoms with E-state index >= 15 is 0 Å². The van der Waals surface area contributed by atoms with Gasteiger partial charge >= 0.3 is 0 Å². The van der Waals surface area contributed by atoms with E-state index in [0.29, 0.717) is 6.42 Å². The minimum absolute atomic E-state index is 0.0234. The van der Waals surface area contributed by atoms with Crippen molar-refractivity contribution in [1.29, 1.82) is 0 Å². The SMILES string of the molecule is C/C=C(/C)C(C)(C)c1cc(C2CC2F)ccc1C. The van der Waals surface area contributed by atoms with E-state index in [1.165, 1.54) is 22.3 Å². The smallest absolute Gasteiger partial charge is 0.108 e. The van der Waals surface area contributed by atoms with E-state index in [1.807, 2.05) is 0 Å². The van der Waals surface area contributed by atoms with Crippen LogP contribution >= 0.6 is 0 Å². The summed E-state index contributed by atoms with van der Waals surface area (Å²) in [4.78, 5) is 0. The lowest BCUT2D eigenvalue weighted by Crippen LogP contribution is -2.20. The van der Waals surface area contributed by atoms with Crippen molar-refractivity contribution in [3.8, 4) is 0 Å². The summed E-state index contributed by atoms with van der Waals surface area (Å²) in [6.07, 6.45) is 2.25. The molecule has 1 aliphatic carbocycles. The van der Waals surface area contributed by atoms with Gasteiger partial charge in [-0.3, -0.25) is 0 Å². The fourth-order valence-corrected chi connectivity index (χ4v) is 2.63. The highest BCUT2D eigenvalue weighted by Gasteiger charge is 2.39. The lowest BCUT2D eigenvalue weighted by Gasteiger charge is -2.29. The molecule has 0 bridgehead atoms. The van der Waals surface area contributed by atoms with Crippen LogP contribution < -0.4 is 0 Å². The molecule has 0 radical (unpaired) electrons. The van der Waals surface area contributed by atoms with Crippen LogP contribution in [0.3, 0.4) is 0 Å². The second-order valence-electron chi connectivity index (χ2n) is 6.03. The Balaban J connectivity index is 2.43. The van der Waals surface area contributed by atoms with Gasteiger partial charge in [-0.1, -0.05) is 43.7 Å². The molecule has 0 amide bonds. The maximum atomic E-state index is 13.2. The van der Waals surface area contributed by atoms with Crippen LogP contribution in [0.2, 0.25) is 0 Å². The van der Waals surface area contributed by atoms with Gasteiger partial charge in [0, 0.05) is 11.3 Å². The Morgan fingerprint density at radius 1 is 1.39 bits per heavy atom. The van der Waals surface area contributed by atoms with Crippen LogP contribution in [0.15, 0.2) is 29.8 Å². The predicted molar refractivity (Wildman–Crippen MR) is 75.9 cm³/mol. The zero-order valence-electron chi connectivity index (χ0n) is 12.0. The molecule has 2 rings (SSSR count). The number of benzene rings is 1. The molecule has 1 aromatic carbocycles. The molecule has 0 aromatic heterocycles. The van der Waals surface area contributed by atoms with Gasteiger partial charge in [0.15, 0.2) is 0 Å². The molecule has 0 nitrogen and oxygen atoms in total. The van der Waals surface area contributed by atoms with E-state index in [-0.39, 0.29) is 11.3 Å². The average molecular weight is 246 g/mol. The number of rotatable bonds is 3. The Kier molecular flexibility index (Phi) is 3.35. The highest BCUT2D eigenvalue weighted by atomic mass is 19.1. The normalized spacial score (nSPS) is 24.2. The zero-order valence-corrected chi connectivity index (χ0v) is 12.0. The van der Waals surface area contributed by atoms with Gasteiger partial charge in [0.2, 0.25) is 0 Å². The molecule has 1 saturated carbocycles. The monoisotopic (exact) mass is 246 g/mol. The Morgan fingerprint density at radius 3 is 2.50 bits per heavy atom. The van der Waals surface area contributed by atoms with Crippen LogP contribution in [0.25, 0.3) is 0 Å². The Labute approximate surface area is 110 Å². The number of alkyl halides is 1. The number of hydrogen-bond donors (Lipinski definition) is 0. The number of allylic oxidation sites excluding steroid dienone is 2. The van der Waals surface area contributed by atoms with Crippen LogP contribution in [0, 0.1) is 6.92 Å². The summed E-state index contributed by atoms with van der Waals surface area (Å²) < 4.78 is 13.2. The van der Waals surface area contributed by atoms with Crippen molar-refractivity contribution < 1.29 is 4.39 Å². The van der Waals surface area contributed by atoms with Gasteiger partial charge in [-0.25, -0.2) is 4.39 Å². The lowest BCUT2D eigenvalue weighted by molar-refractivity contribution is 0.468. The number of aryl methyl sites for hydroxylation is 1. The molecule has 1 aromatic rings. The molecule has 0 N–H and O–H groups in total. The first-order valence-corrected chi connectivity index (χ1v) is 6.76. The van der Waals surface area contributed by atoms with Crippen molar-refractivity contribution >= 4 is 0 Å². The summed E-state index contributed by atoms with van der Waals surface area (Å²) >= 11 is 0. The summed E-state index contributed by atoms with van der Waals surface area (Å²) in [6.45, 7) is 10.9. The first kappa shape index (κ1) is 13.3. The molecular formula is C17H23F. The number of hydrogen-bond acceptors (Lipinski definition) is 0. The Hall–Kier alpha value is -1.11. The highest BCUT2D eigenvalue weighted by molar-refractivity contribution is 5.43. The summed E-state index contributed by atoms with van der Waals surface area (Å²) in [6, 6.07) is 6.44. The average Bonchev–Trinajstić information content (AvgIpc) is 3.05. The summed E-state index contributed by atoms with van der Waals surface area (Å²) in [7, 11) is 0. The van der Waals surface area contributed by atoms with Gasteiger partial charge in [0.1, 0.15) is 6.17 Å². The third kappa shape index (κ3) is 2.23. The topological polar surface area (TPSA) is 0 Å². The first-order chi connectivity index (χ1) is 8.37. The fraction of sp³-hybridized carbons (Fsp3) is 0.529. The minimum Gasteiger partial charge on any atom is -0.247 e. The Morgan fingerprint density at radius 2 is 2.00 bits per heavy atom. The van der Waals surface area contributed by atoms with Crippen LogP contribution in [-0.2, 0) is 5.41 Å². The van der Waals surface area contributed by atoms with Gasteiger partial charge in [0.25, 0.3) is 0 Å². The zero-order chi connectivity index (χ0) is 13.5. The molecule has 1 aliphatic rings. The van der Waals surface area contributed by atoms with Crippen molar-refractivity contribution in [2.75, 3.05) is 0 Å². The summed E-state index contributed by atoms with van der Waals surface area (Å²) in [5, 5.41) is 0. The third-order valence-corrected chi connectivity index (χ3v) is 4.49. The van der Waals surface area contributed by atoms with E-state index < -0.39 is 6.17 Å². The van der Waals surface area contributed by atoms with Crippen molar-refractivity contribution in [2.45, 2.75) is 58.5 Å². The number of halogens is 1. The van der Waals surface area contributed by atoms with Crippen LogP contribution in [0.5, 0.6) is 0 Å². The van der Waals surface area contributed by atoms with E-state index in [0.717, 1.165) is 0 Å². The molecule has 0 spiro atoms. The summed E-state index contributed by atoms with van der Waals surface area (Å²) in [5.41, 5.74) is 5.17. The van der Waals surface area contributed by atoms with Gasteiger partial charge in [-0.05, 0) is 43.9 Å². The van der Waals surface area contributed by atoms with Crippen molar-refractivity contribution in [2.24, 2.45) is 0 Å². The summed E-state index contributed by atoms with van der Waals surface area (Å²) in [5.74, 6) is 0.145. The second kappa shape index (κ2) is 4.53. The quantitative estimate of drug-likeness (QED) is 0.654. The van der Waals surface area contributed by atoms with Crippen molar-refractivity contribution in [3.63, 3.8) is 0 Å². The molecule has 1 heteroatoms.